The Morgan fingerprint density at radius 1 is 1.33 bits per heavy atom. The molecule has 1 N–H and O–H groups in total. The van der Waals surface area contributed by atoms with Crippen molar-refractivity contribution in [3.8, 4) is 0 Å². The zero-order valence-electron chi connectivity index (χ0n) is 16.1. The van der Waals surface area contributed by atoms with Crippen LogP contribution in [0.1, 0.15) is 42.8 Å². The van der Waals surface area contributed by atoms with Gasteiger partial charge in [-0.05, 0) is 45.1 Å². The van der Waals surface area contributed by atoms with Crippen LogP contribution in [0.15, 0.2) is 21.7 Å². The highest BCUT2D eigenvalue weighted by Gasteiger charge is 2.33. The molecule has 9 heteroatoms. The Kier molecular flexibility index (Phi) is 5.73. The van der Waals surface area contributed by atoms with Gasteiger partial charge in [-0.25, -0.2) is 8.42 Å². The van der Waals surface area contributed by atoms with Crippen molar-refractivity contribution in [2.24, 2.45) is 13.0 Å². The molecular weight excluding hydrogens is 384 g/mol. The lowest BCUT2D eigenvalue weighted by molar-refractivity contribution is -0.126. The minimum atomic E-state index is -3.43. The van der Waals surface area contributed by atoms with Crippen LogP contribution >= 0.6 is 11.3 Å². The van der Waals surface area contributed by atoms with Crippen molar-refractivity contribution in [1.82, 2.24) is 19.4 Å². The summed E-state index contributed by atoms with van der Waals surface area (Å²) in [7, 11) is -1.54. The molecule has 0 bridgehead atoms. The van der Waals surface area contributed by atoms with Crippen molar-refractivity contribution in [3.05, 3.63) is 34.5 Å². The molecule has 0 aromatic carbocycles. The van der Waals surface area contributed by atoms with E-state index in [1.165, 1.54) is 15.6 Å². The molecule has 148 valence electrons. The number of sulfonamides is 1. The van der Waals surface area contributed by atoms with Crippen LogP contribution in [0.4, 0.5) is 0 Å². The van der Waals surface area contributed by atoms with Crippen LogP contribution in [-0.4, -0.2) is 41.5 Å². The molecule has 27 heavy (non-hydrogen) atoms. The van der Waals surface area contributed by atoms with Crippen molar-refractivity contribution in [2.45, 2.75) is 43.9 Å². The molecular formula is C18H26N4O3S2. The van der Waals surface area contributed by atoms with Crippen LogP contribution in [0.5, 0.6) is 0 Å². The number of carbonyl (C=O) groups is 1. The summed E-state index contributed by atoms with van der Waals surface area (Å²) in [5.74, 6) is -0.183. The van der Waals surface area contributed by atoms with Gasteiger partial charge in [0, 0.05) is 37.3 Å². The number of rotatable bonds is 5. The number of aromatic nitrogens is 2. The van der Waals surface area contributed by atoms with Crippen LogP contribution in [0.3, 0.4) is 0 Å². The van der Waals surface area contributed by atoms with E-state index in [0.717, 1.165) is 17.0 Å². The second-order valence-corrected chi connectivity index (χ2v) is 10.2. The summed E-state index contributed by atoms with van der Waals surface area (Å²) in [6.07, 6.45) is 1.07. The summed E-state index contributed by atoms with van der Waals surface area (Å²) in [6.45, 7) is 6.64. The highest BCUT2D eigenvalue weighted by atomic mass is 32.2. The number of aryl methyl sites for hydroxylation is 2. The lowest BCUT2D eigenvalue weighted by Crippen LogP contribution is -2.43. The minimum Gasteiger partial charge on any atom is -0.349 e. The summed E-state index contributed by atoms with van der Waals surface area (Å²) < 4.78 is 28.9. The van der Waals surface area contributed by atoms with Crippen molar-refractivity contribution >= 4 is 27.3 Å². The lowest BCUT2D eigenvalue weighted by atomic mass is 9.96. The summed E-state index contributed by atoms with van der Waals surface area (Å²) in [4.78, 5) is 12.7. The first-order valence-electron chi connectivity index (χ1n) is 9.06. The molecule has 2 aromatic heterocycles. The van der Waals surface area contributed by atoms with Gasteiger partial charge in [0.15, 0.2) is 0 Å². The Hall–Kier alpha value is -1.71. The summed E-state index contributed by atoms with van der Waals surface area (Å²) in [5.41, 5.74) is 3.00. The molecule has 0 radical (unpaired) electrons. The molecule has 1 unspecified atom stereocenters. The molecule has 0 aliphatic carbocycles. The van der Waals surface area contributed by atoms with E-state index in [2.05, 4.69) is 10.4 Å². The SMILES string of the molecule is Cc1nn(C)c(C)c1C(C)NC(=O)C1CCN(S(=O)(=O)c2cccs2)CC1. The first-order chi connectivity index (χ1) is 12.7. The van der Waals surface area contributed by atoms with Gasteiger partial charge in [0.2, 0.25) is 5.91 Å². The summed E-state index contributed by atoms with van der Waals surface area (Å²) >= 11 is 1.22. The van der Waals surface area contributed by atoms with E-state index < -0.39 is 10.0 Å². The Labute approximate surface area is 164 Å². The van der Waals surface area contributed by atoms with E-state index in [4.69, 9.17) is 0 Å². The molecule has 7 nitrogen and oxygen atoms in total. The fourth-order valence-electron chi connectivity index (χ4n) is 3.72. The van der Waals surface area contributed by atoms with E-state index in [1.807, 2.05) is 32.5 Å². The van der Waals surface area contributed by atoms with Gasteiger partial charge in [-0.15, -0.1) is 11.3 Å². The lowest BCUT2D eigenvalue weighted by Gasteiger charge is -2.30. The largest absolute Gasteiger partial charge is 0.349 e. The van der Waals surface area contributed by atoms with Gasteiger partial charge >= 0.3 is 0 Å². The van der Waals surface area contributed by atoms with Gasteiger partial charge in [-0.2, -0.15) is 9.40 Å². The zero-order valence-corrected chi connectivity index (χ0v) is 17.7. The molecule has 1 aliphatic rings. The average molecular weight is 411 g/mol. The predicted molar refractivity (Wildman–Crippen MR) is 105 cm³/mol. The third kappa shape index (κ3) is 3.95. The second kappa shape index (κ2) is 7.73. The Balaban J connectivity index is 1.60. The number of piperidine rings is 1. The van der Waals surface area contributed by atoms with Gasteiger partial charge in [-0.1, -0.05) is 6.07 Å². The topological polar surface area (TPSA) is 84.3 Å². The van der Waals surface area contributed by atoms with E-state index in [1.54, 1.807) is 17.5 Å². The van der Waals surface area contributed by atoms with Crippen LogP contribution in [0.25, 0.3) is 0 Å². The number of hydrogen-bond acceptors (Lipinski definition) is 5. The highest BCUT2D eigenvalue weighted by molar-refractivity contribution is 7.91. The van der Waals surface area contributed by atoms with Gasteiger partial charge in [0.05, 0.1) is 11.7 Å². The smallest absolute Gasteiger partial charge is 0.252 e. The molecule has 1 fully saturated rings. The Bertz CT molecular complexity index is 911. The van der Waals surface area contributed by atoms with Crippen LogP contribution in [-0.2, 0) is 21.9 Å². The van der Waals surface area contributed by atoms with Gasteiger partial charge in [0.1, 0.15) is 4.21 Å². The fraction of sp³-hybridized carbons (Fsp3) is 0.556. The molecule has 3 rings (SSSR count). The molecule has 0 saturated carbocycles. The standard InChI is InChI=1S/C18H26N4O3S2/c1-12(17-13(2)20-21(4)14(17)3)19-18(23)15-7-9-22(10-8-15)27(24,25)16-6-5-11-26-16/h5-6,11-12,15H,7-10H2,1-4H3,(H,19,23). The van der Waals surface area contributed by atoms with E-state index in [0.29, 0.717) is 30.1 Å². The number of amides is 1. The Morgan fingerprint density at radius 2 is 2.00 bits per heavy atom. The van der Waals surface area contributed by atoms with Gasteiger partial charge in [-0.3, -0.25) is 9.48 Å². The fourth-order valence-corrected chi connectivity index (χ4v) is 6.33. The average Bonchev–Trinajstić information content (AvgIpc) is 3.24. The van der Waals surface area contributed by atoms with Crippen LogP contribution < -0.4 is 5.32 Å². The third-order valence-electron chi connectivity index (χ3n) is 5.27. The third-order valence-corrected chi connectivity index (χ3v) is 8.54. The maximum Gasteiger partial charge on any atom is 0.252 e. The van der Waals surface area contributed by atoms with Gasteiger partial charge in [0.25, 0.3) is 10.0 Å². The maximum absolute atomic E-state index is 12.7. The monoisotopic (exact) mass is 410 g/mol. The predicted octanol–water partition coefficient (Wildman–Crippen LogP) is 2.38. The van der Waals surface area contributed by atoms with Crippen molar-refractivity contribution in [2.75, 3.05) is 13.1 Å². The highest BCUT2D eigenvalue weighted by Crippen LogP contribution is 2.27. The molecule has 3 heterocycles. The maximum atomic E-state index is 12.7. The normalized spacial score (nSPS) is 17.8. The Morgan fingerprint density at radius 3 is 2.52 bits per heavy atom. The molecule has 1 saturated heterocycles. The molecule has 0 spiro atoms. The number of hydrogen-bond donors (Lipinski definition) is 1. The number of thiophene rings is 1. The van der Waals surface area contributed by atoms with E-state index in [9.17, 15) is 13.2 Å². The first-order valence-corrected chi connectivity index (χ1v) is 11.4. The molecule has 1 amide bonds. The van der Waals surface area contributed by atoms with Gasteiger partial charge < -0.3 is 5.32 Å². The number of nitrogens with one attached hydrogen (secondary N) is 1. The van der Waals surface area contributed by atoms with Crippen molar-refractivity contribution < 1.29 is 13.2 Å². The summed E-state index contributed by atoms with van der Waals surface area (Å²) in [5, 5.41) is 9.25. The molecule has 2 aromatic rings. The van der Waals surface area contributed by atoms with Crippen molar-refractivity contribution in [1.29, 1.82) is 0 Å². The number of nitrogens with zero attached hydrogens (tertiary/aromatic N) is 3. The quantitative estimate of drug-likeness (QED) is 0.820. The number of carbonyl (C=O) groups excluding carboxylic acids is 1. The molecule has 1 aliphatic heterocycles. The van der Waals surface area contributed by atoms with Crippen molar-refractivity contribution in [3.63, 3.8) is 0 Å². The van der Waals surface area contributed by atoms with Crippen LogP contribution in [0, 0.1) is 19.8 Å². The minimum absolute atomic E-state index is 0.0154. The zero-order chi connectivity index (χ0) is 19.8. The molecule has 1 atom stereocenters. The van der Waals surface area contributed by atoms with E-state index >= 15 is 0 Å². The summed E-state index contributed by atoms with van der Waals surface area (Å²) in [6, 6.07) is 3.24. The van der Waals surface area contributed by atoms with Crippen LogP contribution in [0.2, 0.25) is 0 Å². The van der Waals surface area contributed by atoms with E-state index in [-0.39, 0.29) is 17.9 Å². The first kappa shape index (κ1) is 20.0. The second-order valence-electron chi connectivity index (χ2n) is 7.05.